The van der Waals surface area contributed by atoms with Crippen molar-refractivity contribution in [2.24, 2.45) is 0 Å². The van der Waals surface area contributed by atoms with Gasteiger partial charge in [0, 0.05) is 0 Å². The van der Waals surface area contributed by atoms with Crippen molar-refractivity contribution in [1.29, 1.82) is 0 Å². The molecule has 0 radical (unpaired) electrons. The molecule has 0 aromatic heterocycles. The lowest BCUT2D eigenvalue weighted by molar-refractivity contribution is -0.115. The monoisotopic (exact) mass is 322 g/mol. The van der Waals surface area contributed by atoms with Crippen molar-refractivity contribution in [3.8, 4) is 0 Å². The molecule has 0 aliphatic heterocycles. The maximum Gasteiger partial charge on any atom is 0.253 e. The van der Waals surface area contributed by atoms with E-state index in [1.165, 1.54) is 0 Å². The second kappa shape index (κ2) is 7.11. The Balaban J connectivity index is 1.91. The lowest BCUT2D eigenvalue weighted by Gasteiger charge is -2.08. The summed E-state index contributed by atoms with van der Waals surface area (Å²) < 4.78 is 0. The highest BCUT2D eigenvalue weighted by atomic mass is 35.5. The molecule has 2 aromatic rings. The molecule has 0 aliphatic rings. The predicted molar refractivity (Wildman–Crippen MR) is 83.9 cm³/mol. The van der Waals surface area contributed by atoms with Crippen LogP contribution in [0.4, 0.5) is 5.69 Å². The van der Waals surface area contributed by atoms with Crippen LogP contribution in [0.5, 0.6) is 0 Å². The van der Waals surface area contributed by atoms with Gasteiger partial charge in [0.15, 0.2) is 0 Å². The van der Waals surface area contributed by atoms with Gasteiger partial charge in [-0.15, -0.1) is 0 Å². The number of carbonyl (C=O) groups excluding carboxylic acids is 2. The number of nitrogens with one attached hydrogen (secondary N) is 2. The minimum Gasteiger partial charge on any atom is -0.343 e. The molecule has 0 heterocycles. The minimum absolute atomic E-state index is 0.171. The summed E-state index contributed by atoms with van der Waals surface area (Å²) in [7, 11) is 0. The third kappa shape index (κ3) is 4.21. The van der Waals surface area contributed by atoms with Gasteiger partial charge in [0.05, 0.1) is 27.8 Å². The molecule has 2 amide bonds. The first kappa shape index (κ1) is 15.4. The Bertz CT molecular complexity index is 674. The first-order valence-corrected chi connectivity index (χ1v) is 6.90. The van der Waals surface area contributed by atoms with E-state index in [1.54, 1.807) is 48.5 Å². The van der Waals surface area contributed by atoms with Crippen LogP contribution in [0.25, 0.3) is 0 Å². The summed E-state index contributed by atoms with van der Waals surface area (Å²) in [6.45, 7) is -0.171. The van der Waals surface area contributed by atoms with Crippen LogP contribution in [0.2, 0.25) is 10.0 Å². The third-order valence-corrected chi connectivity index (χ3v) is 3.34. The van der Waals surface area contributed by atoms with Crippen molar-refractivity contribution in [2.75, 3.05) is 11.9 Å². The largest absolute Gasteiger partial charge is 0.343 e. The molecule has 0 saturated heterocycles. The molecule has 0 saturated carbocycles. The quantitative estimate of drug-likeness (QED) is 0.906. The number of halogens is 2. The summed E-state index contributed by atoms with van der Waals surface area (Å²) in [5.74, 6) is -0.779. The molecule has 0 unspecified atom stereocenters. The Kier molecular flexibility index (Phi) is 5.20. The molecular formula is C15H12Cl2N2O2. The van der Waals surface area contributed by atoms with Crippen LogP contribution in [0.15, 0.2) is 48.5 Å². The molecule has 4 nitrogen and oxygen atoms in total. The molecular weight excluding hydrogens is 311 g/mol. The maximum atomic E-state index is 11.9. The molecule has 0 fully saturated rings. The fourth-order valence-electron chi connectivity index (χ4n) is 1.66. The van der Waals surface area contributed by atoms with Crippen LogP contribution in [0, 0.1) is 0 Å². The molecule has 0 spiro atoms. The van der Waals surface area contributed by atoms with Gasteiger partial charge in [-0.1, -0.05) is 47.5 Å². The summed E-state index contributed by atoms with van der Waals surface area (Å²) in [6.07, 6.45) is 0. The highest BCUT2D eigenvalue weighted by Gasteiger charge is 2.11. The fraction of sp³-hybridized carbons (Fsp3) is 0.0667. The Morgan fingerprint density at radius 3 is 2.19 bits per heavy atom. The number of anilines is 1. The van der Waals surface area contributed by atoms with Crippen molar-refractivity contribution in [3.63, 3.8) is 0 Å². The van der Waals surface area contributed by atoms with Gasteiger partial charge >= 0.3 is 0 Å². The number of hydrogen-bond acceptors (Lipinski definition) is 2. The van der Waals surface area contributed by atoms with E-state index in [-0.39, 0.29) is 12.5 Å². The van der Waals surface area contributed by atoms with Crippen LogP contribution in [-0.2, 0) is 4.79 Å². The van der Waals surface area contributed by atoms with Gasteiger partial charge in [-0.2, -0.15) is 0 Å². The summed E-state index contributed by atoms with van der Waals surface area (Å²) >= 11 is 11.8. The van der Waals surface area contributed by atoms with Crippen molar-refractivity contribution < 1.29 is 9.59 Å². The van der Waals surface area contributed by atoms with Crippen LogP contribution in [0.3, 0.4) is 0 Å². The molecule has 2 aromatic carbocycles. The number of amides is 2. The van der Waals surface area contributed by atoms with Crippen molar-refractivity contribution in [3.05, 3.63) is 64.1 Å². The predicted octanol–water partition coefficient (Wildman–Crippen LogP) is 3.36. The van der Waals surface area contributed by atoms with E-state index in [4.69, 9.17) is 23.2 Å². The zero-order valence-electron chi connectivity index (χ0n) is 10.9. The Hall–Kier alpha value is -2.04. The zero-order valence-corrected chi connectivity index (χ0v) is 12.4. The number of hydrogen-bond donors (Lipinski definition) is 2. The highest BCUT2D eigenvalue weighted by Crippen LogP contribution is 2.20. The molecule has 21 heavy (non-hydrogen) atoms. The lowest BCUT2D eigenvalue weighted by Crippen LogP contribution is -2.33. The van der Waals surface area contributed by atoms with Gasteiger partial charge in [0.25, 0.3) is 5.91 Å². The summed E-state index contributed by atoms with van der Waals surface area (Å²) in [5.41, 5.74) is 0.820. The molecule has 0 aliphatic carbocycles. The zero-order chi connectivity index (χ0) is 15.2. The Morgan fingerprint density at radius 2 is 1.52 bits per heavy atom. The molecule has 0 bridgehead atoms. The van der Waals surface area contributed by atoms with E-state index in [2.05, 4.69) is 10.6 Å². The molecule has 6 heteroatoms. The van der Waals surface area contributed by atoms with Gasteiger partial charge in [0.2, 0.25) is 5.91 Å². The van der Waals surface area contributed by atoms with Gasteiger partial charge in [-0.25, -0.2) is 0 Å². The van der Waals surface area contributed by atoms with E-state index in [9.17, 15) is 9.59 Å². The Morgan fingerprint density at radius 1 is 0.905 bits per heavy atom. The van der Waals surface area contributed by atoms with Crippen molar-refractivity contribution in [2.45, 2.75) is 0 Å². The van der Waals surface area contributed by atoms with E-state index in [1.807, 2.05) is 0 Å². The van der Waals surface area contributed by atoms with E-state index in [0.717, 1.165) is 0 Å². The first-order valence-electron chi connectivity index (χ1n) is 6.15. The van der Waals surface area contributed by atoms with Crippen LogP contribution in [0.1, 0.15) is 10.4 Å². The lowest BCUT2D eigenvalue weighted by atomic mass is 10.2. The number of rotatable bonds is 4. The molecule has 0 atom stereocenters. The van der Waals surface area contributed by atoms with Gasteiger partial charge in [0.1, 0.15) is 0 Å². The molecule has 108 valence electrons. The van der Waals surface area contributed by atoms with E-state index in [0.29, 0.717) is 21.3 Å². The summed E-state index contributed by atoms with van der Waals surface area (Å²) in [6, 6.07) is 13.5. The third-order valence-electron chi connectivity index (χ3n) is 2.68. The number of benzene rings is 2. The van der Waals surface area contributed by atoms with Crippen LogP contribution < -0.4 is 10.6 Å². The number of carbonyl (C=O) groups is 2. The first-order chi connectivity index (χ1) is 10.1. The minimum atomic E-state index is -0.407. The fourth-order valence-corrected chi connectivity index (χ4v) is 2.06. The average molecular weight is 323 g/mol. The topological polar surface area (TPSA) is 58.2 Å². The molecule has 2 rings (SSSR count). The van der Waals surface area contributed by atoms with Crippen LogP contribution in [-0.4, -0.2) is 18.4 Å². The summed E-state index contributed by atoms with van der Waals surface area (Å²) in [4.78, 5) is 23.7. The van der Waals surface area contributed by atoms with Gasteiger partial charge in [-0.05, 0) is 24.3 Å². The van der Waals surface area contributed by atoms with Crippen LogP contribution >= 0.6 is 23.2 Å². The number of para-hydroxylation sites is 1. The van der Waals surface area contributed by atoms with Gasteiger partial charge < -0.3 is 10.6 Å². The summed E-state index contributed by atoms with van der Waals surface area (Å²) in [5, 5.41) is 5.88. The van der Waals surface area contributed by atoms with E-state index < -0.39 is 5.91 Å². The Labute approximate surface area is 132 Å². The highest BCUT2D eigenvalue weighted by molar-refractivity contribution is 6.34. The second-order valence-corrected chi connectivity index (χ2v) is 5.00. The average Bonchev–Trinajstić information content (AvgIpc) is 2.48. The normalized spacial score (nSPS) is 10.0. The smallest absolute Gasteiger partial charge is 0.253 e. The SMILES string of the molecule is O=C(CNC(=O)c1ccccc1Cl)Nc1ccccc1Cl. The molecule has 2 N–H and O–H groups in total. The van der Waals surface area contributed by atoms with Crippen molar-refractivity contribution >= 4 is 40.7 Å². The van der Waals surface area contributed by atoms with Crippen molar-refractivity contribution in [1.82, 2.24) is 5.32 Å². The maximum absolute atomic E-state index is 11.9. The second-order valence-electron chi connectivity index (χ2n) is 4.19. The standard InChI is InChI=1S/C15H12Cl2N2O2/c16-11-6-2-1-5-10(11)15(21)18-9-14(20)19-13-8-4-3-7-12(13)17/h1-8H,9H2,(H,18,21)(H,19,20). The van der Waals surface area contributed by atoms with E-state index >= 15 is 0 Å². The van der Waals surface area contributed by atoms with Gasteiger partial charge in [-0.3, -0.25) is 9.59 Å².